The molecule has 6 heteroatoms. The van der Waals surface area contributed by atoms with Gasteiger partial charge in [-0.2, -0.15) is 5.26 Å². The summed E-state index contributed by atoms with van der Waals surface area (Å²) < 4.78 is 13.6. The molecule has 5 nitrogen and oxygen atoms in total. The Morgan fingerprint density at radius 1 is 1.30 bits per heavy atom. The largest absolute Gasteiger partial charge is 0.478 e. The molecule has 0 saturated heterocycles. The Hall–Kier alpha value is -2.68. The summed E-state index contributed by atoms with van der Waals surface area (Å²) in [5, 5.41) is 20.0. The monoisotopic (exact) mass is 276 g/mol. The molecule has 0 fully saturated rings. The van der Waals surface area contributed by atoms with Gasteiger partial charge < -0.3 is 10.4 Å². The summed E-state index contributed by atoms with van der Waals surface area (Å²) in [6.07, 6.45) is 0. The fraction of sp³-hybridized carbons (Fsp3) is 0.214. The van der Waals surface area contributed by atoms with Crippen molar-refractivity contribution in [3.05, 3.63) is 40.2 Å². The maximum absolute atomic E-state index is 13.6. The van der Waals surface area contributed by atoms with Crippen LogP contribution in [0.3, 0.4) is 0 Å². The van der Waals surface area contributed by atoms with Gasteiger partial charge in [0.15, 0.2) is 0 Å². The third kappa shape index (κ3) is 3.20. The second-order valence-electron chi connectivity index (χ2n) is 4.25. The van der Waals surface area contributed by atoms with E-state index in [0.29, 0.717) is 0 Å². The number of carboxylic acid groups (broad SMARTS) is 1. The lowest BCUT2D eigenvalue weighted by Crippen LogP contribution is -2.17. The van der Waals surface area contributed by atoms with Gasteiger partial charge in [0.05, 0.1) is 11.6 Å². The van der Waals surface area contributed by atoms with Crippen LogP contribution in [0.5, 0.6) is 0 Å². The second kappa shape index (κ2) is 5.97. The molecule has 0 bridgehead atoms. The van der Waals surface area contributed by atoms with Gasteiger partial charge in [0.25, 0.3) is 5.91 Å². The van der Waals surface area contributed by atoms with Crippen LogP contribution < -0.4 is 5.32 Å². The molecular weight excluding hydrogens is 263 g/mol. The average Bonchev–Trinajstić information content (AvgIpc) is 2.41. The van der Waals surface area contributed by atoms with Crippen LogP contribution in [0.4, 0.5) is 10.1 Å². The van der Waals surface area contributed by atoms with Crippen LogP contribution in [0.25, 0.3) is 0 Å². The van der Waals surface area contributed by atoms with Crippen molar-refractivity contribution in [3.63, 3.8) is 0 Å². The topological polar surface area (TPSA) is 90.2 Å². The van der Waals surface area contributed by atoms with Gasteiger partial charge in [-0.3, -0.25) is 4.79 Å². The molecule has 0 aliphatic rings. The summed E-state index contributed by atoms with van der Waals surface area (Å²) in [5.74, 6) is -2.47. The molecule has 1 aromatic rings. The van der Waals surface area contributed by atoms with E-state index in [0.717, 1.165) is 6.07 Å². The van der Waals surface area contributed by atoms with Crippen LogP contribution in [0.2, 0.25) is 0 Å². The standard InChI is InChI=1S/C14H13FN2O3/c1-7(8(2)14(19)20)13(18)17-12-5-10(6-16)4-11(15)9(12)3/h4-5H,1-3H3,(H,17,18)(H,19,20). The number of hydrogen-bond donors (Lipinski definition) is 2. The Labute approximate surface area is 115 Å². The number of hydrogen-bond acceptors (Lipinski definition) is 3. The van der Waals surface area contributed by atoms with Crippen LogP contribution in [0, 0.1) is 24.1 Å². The van der Waals surface area contributed by atoms with Gasteiger partial charge in [-0.15, -0.1) is 0 Å². The van der Waals surface area contributed by atoms with Crippen LogP contribution >= 0.6 is 0 Å². The normalized spacial score (nSPS) is 11.3. The molecule has 20 heavy (non-hydrogen) atoms. The summed E-state index contributed by atoms with van der Waals surface area (Å²) >= 11 is 0. The third-order valence-corrected chi connectivity index (χ3v) is 2.95. The van der Waals surface area contributed by atoms with Gasteiger partial charge >= 0.3 is 5.97 Å². The molecule has 104 valence electrons. The first-order valence-electron chi connectivity index (χ1n) is 5.70. The van der Waals surface area contributed by atoms with Crippen molar-refractivity contribution in [2.75, 3.05) is 5.32 Å². The Bertz CT molecular complexity index is 657. The van der Waals surface area contributed by atoms with E-state index in [1.807, 2.05) is 0 Å². The maximum Gasteiger partial charge on any atom is 0.331 e. The fourth-order valence-corrected chi connectivity index (χ4v) is 1.42. The SMILES string of the molecule is CC(C(=O)O)=C(C)C(=O)Nc1cc(C#N)cc(F)c1C. The van der Waals surface area contributed by atoms with Gasteiger partial charge in [0.1, 0.15) is 5.82 Å². The molecule has 0 spiro atoms. The zero-order valence-corrected chi connectivity index (χ0v) is 11.2. The van der Waals surface area contributed by atoms with E-state index >= 15 is 0 Å². The van der Waals surface area contributed by atoms with E-state index in [1.54, 1.807) is 6.07 Å². The number of rotatable bonds is 3. The lowest BCUT2D eigenvalue weighted by Gasteiger charge is -2.10. The van der Waals surface area contributed by atoms with E-state index in [2.05, 4.69) is 5.32 Å². The molecule has 1 aromatic carbocycles. The van der Waals surface area contributed by atoms with E-state index in [4.69, 9.17) is 10.4 Å². The number of carbonyl (C=O) groups is 2. The summed E-state index contributed by atoms with van der Waals surface area (Å²) in [6.45, 7) is 4.12. The Balaban J connectivity index is 3.15. The number of benzene rings is 1. The van der Waals surface area contributed by atoms with Crippen molar-refractivity contribution in [2.45, 2.75) is 20.8 Å². The van der Waals surface area contributed by atoms with E-state index in [1.165, 1.54) is 26.8 Å². The van der Waals surface area contributed by atoms with Crippen LogP contribution in [0.15, 0.2) is 23.3 Å². The average molecular weight is 276 g/mol. The molecule has 0 aliphatic carbocycles. The van der Waals surface area contributed by atoms with Crippen LogP contribution in [-0.4, -0.2) is 17.0 Å². The Morgan fingerprint density at radius 3 is 2.40 bits per heavy atom. The highest BCUT2D eigenvalue weighted by molar-refractivity contribution is 6.08. The molecule has 0 radical (unpaired) electrons. The molecule has 2 N–H and O–H groups in total. The second-order valence-corrected chi connectivity index (χ2v) is 4.25. The molecule has 0 atom stereocenters. The zero-order valence-electron chi connectivity index (χ0n) is 11.2. The first-order valence-corrected chi connectivity index (χ1v) is 5.70. The van der Waals surface area contributed by atoms with Crippen LogP contribution in [0.1, 0.15) is 25.0 Å². The molecule has 1 amide bonds. The quantitative estimate of drug-likeness (QED) is 0.829. The maximum atomic E-state index is 13.6. The molecule has 0 aromatic heterocycles. The van der Waals surface area contributed by atoms with Gasteiger partial charge in [-0.05, 0) is 32.9 Å². The third-order valence-electron chi connectivity index (χ3n) is 2.95. The number of anilines is 1. The number of nitriles is 1. The van der Waals surface area contributed by atoms with Crippen molar-refractivity contribution < 1.29 is 19.1 Å². The molecule has 1 rings (SSSR count). The predicted molar refractivity (Wildman–Crippen MR) is 70.5 cm³/mol. The summed E-state index contributed by atoms with van der Waals surface area (Å²) in [6, 6.07) is 4.18. The van der Waals surface area contributed by atoms with Crippen LogP contribution in [-0.2, 0) is 9.59 Å². The van der Waals surface area contributed by atoms with Crippen molar-refractivity contribution in [3.8, 4) is 6.07 Å². The van der Waals surface area contributed by atoms with Gasteiger partial charge in [0.2, 0.25) is 0 Å². The minimum atomic E-state index is -1.20. The number of halogens is 1. The fourth-order valence-electron chi connectivity index (χ4n) is 1.42. The lowest BCUT2D eigenvalue weighted by molar-refractivity contribution is -0.133. The molecule has 0 unspecified atom stereocenters. The minimum absolute atomic E-state index is 0.0136. The highest BCUT2D eigenvalue weighted by Crippen LogP contribution is 2.21. The predicted octanol–water partition coefficient (Wildman–Crippen LogP) is 2.37. The Kier molecular flexibility index (Phi) is 4.59. The van der Waals surface area contributed by atoms with E-state index in [9.17, 15) is 14.0 Å². The number of carboxylic acids is 1. The van der Waals surface area contributed by atoms with Crippen molar-refractivity contribution in [2.24, 2.45) is 0 Å². The number of carbonyl (C=O) groups excluding carboxylic acids is 1. The summed E-state index contributed by atoms with van der Waals surface area (Å²) in [5.41, 5.74) is 0.305. The van der Waals surface area contributed by atoms with E-state index < -0.39 is 17.7 Å². The van der Waals surface area contributed by atoms with Crippen molar-refractivity contribution >= 4 is 17.6 Å². The van der Waals surface area contributed by atoms with E-state index in [-0.39, 0.29) is 28.0 Å². The minimum Gasteiger partial charge on any atom is -0.478 e. The number of amides is 1. The van der Waals surface area contributed by atoms with Gasteiger partial charge in [-0.1, -0.05) is 0 Å². The van der Waals surface area contributed by atoms with Gasteiger partial charge in [0, 0.05) is 22.4 Å². The summed E-state index contributed by atoms with van der Waals surface area (Å²) in [4.78, 5) is 22.7. The lowest BCUT2D eigenvalue weighted by atomic mass is 10.1. The van der Waals surface area contributed by atoms with Crippen molar-refractivity contribution in [1.29, 1.82) is 5.26 Å². The molecule has 0 saturated carbocycles. The first kappa shape index (κ1) is 15.4. The first-order chi connectivity index (χ1) is 9.27. The molecule has 0 heterocycles. The Morgan fingerprint density at radius 2 is 1.90 bits per heavy atom. The summed E-state index contributed by atoms with van der Waals surface area (Å²) in [7, 11) is 0. The number of nitrogens with one attached hydrogen (secondary N) is 1. The smallest absolute Gasteiger partial charge is 0.331 e. The zero-order chi connectivity index (χ0) is 15.4. The molecular formula is C14H13FN2O3. The van der Waals surface area contributed by atoms with Crippen molar-refractivity contribution in [1.82, 2.24) is 0 Å². The molecule has 0 aliphatic heterocycles. The highest BCUT2D eigenvalue weighted by atomic mass is 19.1. The number of aliphatic carboxylic acids is 1. The number of nitrogens with zero attached hydrogens (tertiary/aromatic N) is 1. The highest BCUT2D eigenvalue weighted by Gasteiger charge is 2.15. The van der Waals surface area contributed by atoms with Gasteiger partial charge in [-0.25, -0.2) is 9.18 Å².